The molecule has 0 atom stereocenters. The molecule has 2 rings (SSSR count). The van der Waals surface area contributed by atoms with Crippen LogP contribution in [0.5, 0.6) is 0 Å². The van der Waals surface area contributed by atoms with Gasteiger partial charge in [-0.2, -0.15) is 0 Å². The van der Waals surface area contributed by atoms with E-state index in [9.17, 15) is 19.7 Å². The van der Waals surface area contributed by atoms with Crippen molar-refractivity contribution in [3.05, 3.63) is 33.9 Å². The lowest BCUT2D eigenvalue weighted by Crippen LogP contribution is -2.40. The summed E-state index contributed by atoms with van der Waals surface area (Å²) in [6.45, 7) is 4.45. The van der Waals surface area contributed by atoms with Gasteiger partial charge in [-0.05, 0) is 25.3 Å². The van der Waals surface area contributed by atoms with E-state index in [4.69, 9.17) is 0 Å². The fourth-order valence-corrected chi connectivity index (χ4v) is 2.55. The Labute approximate surface area is 128 Å². The van der Waals surface area contributed by atoms with Crippen molar-refractivity contribution in [2.75, 3.05) is 18.4 Å². The Morgan fingerprint density at radius 2 is 1.95 bits per heavy atom. The second-order valence-electron chi connectivity index (χ2n) is 5.53. The minimum atomic E-state index is -0.486. The van der Waals surface area contributed by atoms with Crippen LogP contribution in [0.25, 0.3) is 0 Å². The number of hydrogen-bond acceptors (Lipinski definition) is 4. The van der Waals surface area contributed by atoms with Gasteiger partial charge in [0.1, 0.15) is 0 Å². The number of hydrogen-bond donors (Lipinski definition) is 1. The van der Waals surface area contributed by atoms with Crippen molar-refractivity contribution in [3.63, 3.8) is 0 Å². The van der Waals surface area contributed by atoms with E-state index in [2.05, 4.69) is 5.32 Å². The van der Waals surface area contributed by atoms with E-state index in [1.165, 1.54) is 19.1 Å². The Morgan fingerprint density at radius 3 is 2.50 bits per heavy atom. The maximum Gasteiger partial charge on any atom is 0.271 e. The predicted octanol–water partition coefficient (Wildman–Crippen LogP) is 2.10. The third kappa shape index (κ3) is 3.60. The zero-order chi connectivity index (χ0) is 16.3. The monoisotopic (exact) mass is 305 g/mol. The van der Waals surface area contributed by atoms with Crippen LogP contribution in [0, 0.1) is 23.0 Å². The van der Waals surface area contributed by atoms with Gasteiger partial charge in [0, 0.05) is 38.1 Å². The van der Waals surface area contributed by atoms with Gasteiger partial charge in [0.25, 0.3) is 5.69 Å². The van der Waals surface area contributed by atoms with Gasteiger partial charge in [-0.3, -0.25) is 19.7 Å². The Morgan fingerprint density at radius 1 is 1.32 bits per heavy atom. The van der Waals surface area contributed by atoms with Crippen molar-refractivity contribution in [1.82, 2.24) is 4.90 Å². The van der Waals surface area contributed by atoms with E-state index in [0.717, 1.165) is 5.56 Å². The van der Waals surface area contributed by atoms with Crippen LogP contribution in [-0.2, 0) is 9.59 Å². The smallest absolute Gasteiger partial charge is 0.271 e. The highest BCUT2D eigenvalue weighted by atomic mass is 16.6. The summed E-state index contributed by atoms with van der Waals surface area (Å²) in [5.41, 5.74) is 1.20. The summed E-state index contributed by atoms with van der Waals surface area (Å²) in [6, 6.07) is 4.40. The topological polar surface area (TPSA) is 92.6 Å². The van der Waals surface area contributed by atoms with Gasteiger partial charge < -0.3 is 10.2 Å². The molecule has 0 radical (unpaired) electrons. The number of rotatable bonds is 3. The van der Waals surface area contributed by atoms with Crippen LogP contribution >= 0.6 is 0 Å². The van der Waals surface area contributed by atoms with Gasteiger partial charge in [0.15, 0.2) is 0 Å². The number of nitro groups is 1. The number of carbonyl (C=O) groups is 2. The molecular weight excluding hydrogens is 286 g/mol. The van der Waals surface area contributed by atoms with E-state index in [1.54, 1.807) is 17.9 Å². The molecule has 0 saturated carbocycles. The molecule has 0 unspecified atom stereocenters. The molecule has 1 heterocycles. The van der Waals surface area contributed by atoms with Crippen LogP contribution in [0.3, 0.4) is 0 Å². The minimum absolute atomic E-state index is 0.0217. The molecule has 1 fully saturated rings. The molecule has 1 aliphatic heterocycles. The number of aryl methyl sites for hydroxylation is 1. The molecule has 1 aromatic rings. The fraction of sp³-hybridized carbons (Fsp3) is 0.467. The first-order valence-electron chi connectivity index (χ1n) is 7.20. The summed E-state index contributed by atoms with van der Waals surface area (Å²) in [6.07, 6.45) is 1.22. The average molecular weight is 305 g/mol. The van der Waals surface area contributed by atoms with Crippen LogP contribution < -0.4 is 5.32 Å². The third-order valence-corrected chi connectivity index (χ3v) is 4.00. The van der Waals surface area contributed by atoms with E-state index in [-0.39, 0.29) is 23.4 Å². The second-order valence-corrected chi connectivity index (χ2v) is 5.53. The molecule has 1 saturated heterocycles. The van der Waals surface area contributed by atoms with E-state index >= 15 is 0 Å². The lowest BCUT2D eigenvalue weighted by Gasteiger charge is -2.30. The van der Waals surface area contributed by atoms with Crippen LogP contribution in [0.2, 0.25) is 0 Å². The van der Waals surface area contributed by atoms with Crippen LogP contribution in [-0.4, -0.2) is 34.7 Å². The molecule has 0 bridgehead atoms. The summed E-state index contributed by atoms with van der Waals surface area (Å²) in [4.78, 5) is 35.6. The van der Waals surface area contributed by atoms with Crippen molar-refractivity contribution in [3.8, 4) is 0 Å². The summed E-state index contributed by atoms with van der Waals surface area (Å²) < 4.78 is 0. The molecule has 118 valence electrons. The number of anilines is 1. The molecule has 0 aromatic heterocycles. The Hall–Kier alpha value is -2.44. The van der Waals surface area contributed by atoms with E-state index in [0.29, 0.717) is 31.6 Å². The molecule has 7 nitrogen and oxygen atoms in total. The molecule has 7 heteroatoms. The van der Waals surface area contributed by atoms with Crippen LogP contribution in [0.1, 0.15) is 25.3 Å². The number of benzene rings is 1. The normalized spacial score (nSPS) is 15.5. The number of nitrogens with one attached hydrogen (secondary N) is 1. The lowest BCUT2D eigenvalue weighted by molar-refractivity contribution is -0.384. The first-order valence-corrected chi connectivity index (χ1v) is 7.20. The highest BCUT2D eigenvalue weighted by molar-refractivity contribution is 5.93. The van der Waals surface area contributed by atoms with Crippen molar-refractivity contribution < 1.29 is 14.5 Å². The van der Waals surface area contributed by atoms with Gasteiger partial charge in [-0.25, -0.2) is 0 Å². The number of amides is 2. The number of non-ortho nitro benzene ring substituents is 1. The van der Waals surface area contributed by atoms with Gasteiger partial charge in [-0.15, -0.1) is 0 Å². The maximum absolute atomic E-state index is 12.3. The van der Waals surface area contributed by atoms with Crippen molar-refractivity contribution >= 4 is 23.2 Å². The molecule has 1 aliphatic rings. The zero-order valence-corrected chi connectivity index (χ0v) is 12.7. The predicted molar refractivity (Wildman–Crippen MR) is 81.4 cm³/mol. The highest BCUT2D eigenvalue weighted by Crippen LogP contribution is 2.24. The number of piperidine rings is 1. The van der Waals surface area contributed by atoms with E-state index in [1.807, 2.05) is 0 Å². The fourth-order valence-electron chi connectivity index (χ4n) is 2.55. The molecular formula is C15H19N3O4. The van der Waals surface area contributed by atoms with Gasteiger partial charge in [0.2, 0.25) is 11.8 Å². The van der Waals surface area contributed by atoms with Crippen LogP contribution in [0.4, 0.5) is 11.4 Å². The summed E-state index contributed by atoms with van der Waals surface area (Å²) in [5.74, 6) is -0.297. The Balaban J connectivity index is 2.02. The Kier molecular flexibility index (Phi) is 4.75. The molecule has 1 N–H and O–H groups in total. The Bertz CT molecular complexity index is 607. The van der Waals surface area contributed by atoms with Crippen molar-refractivity contribution in [1.29, 1.82) is 0 Å². The third-order valence-electron chi connectivity index (χ3n) is 4.00. The van der Waals surface area contributed by atoms with Gasteiger partial charge in [0.05, 0.1) is 10.6 Å². The number of nitrogens with zero attached hydrogens (tertiary/aromatic N) is 2. The highest BCUT2D eigenvalue weighted by Gasteiger charge is 2.26. The number of carbonyl (C=O) groups excluding carboxylic acids is 2. The quantitative estimate of drug-likeness (QED) is 0.683. The number of likely N-dealkylation sites (tertiary alicyclic amines) is 1. The van der Waals surface area contributed by atoms with E-state index < -0.39 is 4.92 Å². The molecule has 0 spiro atoms. The standard InChI is InChI=1S/C15H19N3O4/c1-10-3-4-13(18(21)22)9-14(10)16-15(20)12-5-7-17(8-6-12)11(2)19/h3-4,9,12H,5-8H2,1-2H3,(H,16,20). The van der Waals surface area contributed by atoms with Crippen molar-refractivity contribution in [2.24, 2.45) is 5.92 Å². The number of nitro benzene ring substituents is 1. The van der Waals surface area contributed by atoms with Gasteiger partial charge >= 0.3 is 0 Å². The summed E-state index contributed by atoms with van der Waals surface area (Å²) in [7, 11) is 0. The van der Waals surface area contributed by atoms with Crippen molar-refractivity contribution in [2.45, 2.75) is 26.7 Å². The zero-order valence-electron chi connectivity index (χ0n) is 12.7. The average Bonchev–Trinajstić information content (AvgIpc) is 2.49. The SMILES string of the molecule is CC(=O)N1CCC(C(=O)Nc2cc([N+](=O)[O-])ccc2C)CC1. The molecule has 1 aromatic carbocycles. The second kappa shape index (κ2) is 6.55. The maximum atomic E-state index is 12.3. The minimum Gasteiger partial charge on any atom is -0.343 e. The van der Waals surface area contributed by atoms with Gasteiger partial charge in [-0.1, -0.05) is 6.07 Å². The summed E-state index contributed by atoms with van der Waals surface area (Å²) >= 11 is 0. The molecule has 2 amide bonds. The van der Waals surface area contributed by atoms with Crippen LogP contribution in [0.15, 0.2) is 18.2 Å². The lowest BCUT2D eigenvalue weighted by atomic mass is 9.95. The first-order chi connectivity index (χ1) is 10.4. The largest absolute Gasteiger partial charge is 0.343 e. The molecule has 0 aliphatic carbocycles. The molecule has 22 heavy (non-hydrogen) atoms. The first kappa shape index (κ1) is 15.9. The summed E-state index contributed by atoms with van der Waals surface area (Å²) in [5, 5.41) is 13.6.